The highest BCUT2D eigenvalue weighted by Gasteiger charge is 2.40. The molecular weight excluding hydrogens is 525 g/mol. The highest BCUT2D eigenvalue weighted by molar-refractivity contribution is 9.10. The Morgan fingerprint density at radius 1 is 1.19 bits per heavy atom. The summed E-state index contributed by atoms with van der Waals surface area (Å²) in [4.78, 5) is 2.26. The number of benzene rings is 2. The van der Waals surface area contributed by atoms with Crippen LogP contribution in [-0.2, 0) is 15.9 Å². The van der Waals surface area contributed by atoms with Gasteiger partial charge in [-0.3, -0.25) is 4.90 Å². The lowest BCUT2D eigenvalue weighted by molar-refractivity contribution is -0.0366. The van der Waals surface area contributed by atoms with E-state index in [0.29, 0.717) is 0 Å². The zero-order valence-electron chi connectivity index (χ0n) is 21.5. The Kier molecular flexibility index (Phi) is 7.41. The van der Waals surface area contributed by atoms with Gasteiger partial charge in [0.1, 0.15) is 11.4 Å². The van der Waals surface area contributed by atoms with Crippen LogP contribution in [-0.4, -0.2) is 60.4 Å². The van der Waals surface area contributed by atoms with Crippen LogP contribution < -0.4 is 4.74 Å². The van der Waals surface area contributed by atoms with Crippen LogP contribution in [0, 0.1) is 0 Å². The van der Waals surface area contributed by atoms with E-state index in [2.05, 4.69) is 46.0 Å². The van der Waals surface area contributed by atoms with E-state index in [9.17, 15) is 0 Å². The van der Waals surface area contributed by atoms with Crippen molar-refractivity contribution in [2.45, 2.75) is 63.5 Å². The molecule has 2 aliphatic rings. The lowest BCUT2D eigenvalue weighted by Gasteiger charge is -2.45. The van der Waals surface area contributed by atoms with Gasteiger partial charge in [0.15, 0.2) is 6.23 Å². The van der Waals surface area contributed by atoms with E-state index >= 15 is 4.39 Å². The fourth-order valence-corrected chi connectivity index (χ4v) is 6.24. The van der Waals surface area contributed by atoms with Gasteiger partial charge in [-0.15, -0.1) is 0 Å². The topological polar surface area (TPSA) is 48.8 Å². The van der Waals surface area contributed by atoms with Crippen LogP contribution >= 0.6 is 15.9 Å². The van der Waals surface area contributed by atoms with Gasteiger partial charge < -0.3 is 14.2 Å². The second-order valence-corrected chi connectivity index (χ2v) is 11.3. The largest absolute Gasteiger partial charge is 0.496 e. The highest BCUT2D eigenvalue weighted by atomic mass is 79.9. The fraction of sp³-hybridized carbons (Fsp3) is 0.536. The van der Waals surface area contributed by atoms with E-state index in [1.807, 2.05) is 23.0 Å². The molecule has 36 heavy (non-hydrogen) atoms. The first-order chi connectivity index (χ1) is 17.3. The Labute approximate surface area is 220 Å². The number of nitrogens with zero attached hydrogens (tertiary/aromatic N) is 3. The minimum absolute atomic E-state index is 0.0181. The van der Waals surface area contributed by atoms with Gasteiger partial charge in [-0.2, -0.15) is 5.10 Å². The molecule has 1 aromatic heterocycles. The average molecular weight is 561 g/mol. The summed E-state index contributed by atoms with van der Waals surface area (Å²) in [6, 6.07) is 10.4. The molecule has 0 radical (unpaired) electrons. The molecule has 4 atom stereocenters. The molecule has 3 heterocycles. The predicted molar refractivity (Wildman–Crippen MR) is 142 cm³/mol. The SMILES string of the molecule is COCC(C)(F)CN1C(c2ccc(Br)cc2OC)c2ccc3c(cnn3C3CCCCO3)c2C[C@H]1C. The van der Waals surface area contributed by atoms with E-state index < -0.39 is 5.67 Å². The van der Waals surface area contributed by atoms with Crippen LogP contribution in [0.15, 0.2) is 41.0 Å². The zero-order valence-corrected chi connectivity index (χ0v) is 23.1. The number of rotatable bonds is 7. The maximum atomic E-state index is 15.6. The number of hydrogen-bond acceptors (Lipinski definition) is 5. The van der Waals surface area contributed by atoms with Crippen molar-refractivity contribution in [1.29, 1.82) is 0 Å². The number of ether oxygens (including phenoxy) is 3. The standard InChI is InChI=1S/C28H35BrFN3O3/c1-18-13-22-20(10-11-24-23(22)15-31-33(24)26-7-5-6-12-36-26)27(32(18)16-28(2,30)17-34-3)21-9-8-19(29)14-25(21)35-4/h8-11,14-15,18,26-27H,5-7,12-13,16-17H2,1-4H3/t18-,26?,27?,28?/m1/s1. The molecule has 3 aromatic rings. The summed E-state index contributed by atoms with van der Waals surface area (Å²) >= 11 is 3.57. The van der Waals surface area contributed by atoms with Gasteiger partial charge in [-0.1, -0.05) is 28.1 Å². The first-order valence-electron chi connectivity index (χ1n) is 12.7. The van der Waals surface area contributed by atoms with E-state index in [1.165, 1.54) is 11.1 Å². The van der Waals surface area contributed by atoms with Gasteiger partial charge in [0.05, 0.1) is 31.5 Å². The number of fused-ring (bicyclic) bond motifs is 3. The first kappa shape index (κ1) is 25.6. The Balaban J connectivity index is 1.65. The maximum absolute atomic E-state index is 15.6. The third-order valence-corrected chi connectivity index (χ3v) is 7.99. The number of hydrogen-bond donors (Lipinski definition) is 0. The van der Waals surface area contributed by atoms with Crippen LogP contribution in [0.5, 0.6) is 5.75 Å². The van der Waals surface area contributed by atoms with Crippen LogP contribution in [0.3, 0.4) is 0 Å². The van der Waals surface area contributed by atoms with Crippen molar-refractivity contribution in [1.82, 2.24) is 14.7 Å². The Hall–Kier alpha value is -2.00. The molecule has 1 saturated heterocycles. The highest BCUT2D eigenvalue weighted by Crippen LogP contribution is 2.45. The normalized spacial score (nSPS) is 24.4. The van der Waals surface area contributed by atoms with Gasteiger partial charge >= 0.3 is 0 Å². The number of alkyl halides is 1. The molecular formula is C28H35BrFN3O3. The number of aromatic nitrogens is 2. The third kappa shape index (κ3) is 4.80. The second-order valence-electron chi connectivity index (χ2n) is 10.3. The van der Waals surface area contributed by atoms with Crippen LogP contribution in [0.2, 0.25) is 0 Å². The van der Waals surface area contributed by atoms with Crippen LogP contribution in [0.25, 0.3) is 10.9 Å². The minimum atomic E-state index is -1.49. The molecule has 0 spiro atoms. The molecule has 2 aromatic carbocycles. The third-order valence-electron chi connectivity index (χ3n) is 7.50. The maximum Gasteiger partial charge on any atom is 0.150 e. The quantitative estimate of drug-likeness (QED) is 0.344. The number of halogens is 2. The average Bonchev–Trinajstić information content (AvgIpc) is 3.30. The molecule has 0 bridgehead atoms. The van der Waals surface area contributed by atoms with Crippen LogP contribution in [0.1, 0.15) is 62.1 Å². The smallest absolute Gasteiger partial charge is 0.150 e. The van der Waals surface area contributed by atoms with Crippen molar-refractivity contribution in [3.05, 3.63) is 57.7 Å². The summed E-state index contributed by atoms with van der Waals surface area (Å²) < 4.78 is 35.6. The van der Waals surface area contributed by atoms with Gasteiger partial charge in [0, 0.05) is 41.7 Å². The summed E-state index contributed by atoms with van der Waals surface area (Å²) in [5.41, 5.74) is 3.05. The Morgan fingerprint density at radius 2 is 2.00 bits per heavy atom. The summed E-state index contributed by atoms with van der Waals surface area (Å²) in [6.45, 7) is 4.86. The van der Waals surface area contributed by atoms with Crippen molar-refractivity contribution in [2.24, 2.45) is 0 Å². The van der Waals surface area contributed by atoms with Gasteiger partial charge in [0.25, 0.3) is 0 Å². The molecule has 6 nitrogen and oxygen atoms in total. The molecule has 2 aliphatic heterocycles. The van der Waals surface area contributed by atoms with Crippen LogP contribution in [0.4, 0.5) is 4.39 Å². The monoisotopic (exact) mass is 559 g/mol. The molecule has 0 amide bonds. The lowest BCUT2D eigenvalue weighted by Crippen LogP contribution is -2.50. The lowest BCUT2D eigenvalue weighted by atomic mass is 9.82. The fourth-order valence-electron chi connectivity index (χ4n) is 5.90. The number of methoxy groups -OCH3 is 2. The molecule has 0 aliphatic carbocycles. The zero-order chi connectivity index (χ0) is 25.4. The minimum Gasteiger partial charge on any atom is -0.496 e. The second kappa shape index (κ2) is 10.4. The van der Waals surface area contributed by atoms with Gasteiger partial charge in [0.2, 0.25) is 0 Å². The Morgan fingerprint density at radius 3 is 2.72 bits per heavy atom. The van der Waals surface area contributed by atoms with Crippen molar-refractivity contribution in [2.75, 3.05) is 34.0 Å². The van der Waals surface area contributed by atoms with E-state index in [-0.39, 0.29) is 31.5 Å². The summed E-state index contributed by atoms with van der Waals surface area (Å²) in [5, 5.41) is 5.92. The van der Waals surface area contributed by atoms with E-state index in [0.717, 1.165) is 59.0 Å². The summed E-state index contributed by atoms with van der Waals surface area (Å²) in [7, 11) is 3.23. The molecule has 0 saturated carbocycles. The molecule has 8 heteroatoms. The van der Waals surface area contributed by atoms with Gasteiger partial charge in [-0.25, -0.2) is 9.07 Å². The Bertz CT molecular complexity index is 1220. The molecule has 3 unspecified atom stereocenters. The van der Waals surface area contributed by atoms with Gasteiger partial charge in [-0.05, 0) is 68.9 Å². The van der Waals surface area contributed by atoms with E-state index in [1.54, 1.807) is 21.1 Å². The van der Waals surface area contributed by atoms with E-state index in [4.69, 9.17) is 19.3 Å². The van der Waals surface area contributed by atoms with Crippen molar-refractivity contribution in [3.63, 3.8) is 0 Å². The summed E-state index contributed by atoms with van der Waals surface area (Å²) in [6.07, 6.45) is 6.00. The van der Waals surface area contributed by atoms with Crippen molar-refractivity contribution in [3.8, 4) is 5.75 Å². The predicted octanol–water partition coefficient (Wildman–Crippen LogP) is 6.22. The molecule has 0 N–H and O–H groups in total. The molecule has 1 fully saturated rings. The van der Waals surface area contributed by atoms with Crippen molar-refractivity contribution >= 4 is 26.8 Å². The molecule has 194 valence electrons. The molecule has 5 rings (SSSR count). The van der Waals surface area contributed by atoms with Crippen molar-refractivity contribution < 1.29 is 18.6 Å². The first-order valence-corrected chi connectivity index (χ1v) is 13.5. The summed E-state index contributed by atoms with van der Waals surface area (Å²) in [5.74, 6) is 0.776.